The fourth-order valence-corrected chi connectivity index (χ4v) is 5.15. The topological polar surface area (TPSA) is 60.7 Å². The monoisotopic (exact) mass is 486 g/mol. The lowest BCUT2D eigenvalue weighted by molar-refractivity contribution is -0.127. The third-order valence-corrected chi connectivity index (χ3v) is 6.57. The first-order valence-electron chi connectivity index (χ1n) is 11.9. The van der Waals surface area contributed by atoms with Crippen LogP contribution < -0.4 is 0 Å². The van der Waals surface area contributed by atoms with E-state index in [-0.39, 0.29) is 11.7 Å². The number of hydrogen-bond acceptors (Lipinski definition) is 3. The Morgan fingerprint density at radius 3 is 1.97 bits per heavy atom. The van der Waals surface area contributed by atoms with E-state index in [0.29, 0.717) is 5.02 Å². The van der Waals surface area contributed by atoms with E-state index >= 15 is 0 Å². The van der Waals surface area contributed by atoms with Crippen molar-refractivity contribution in [1.82, 2.24) is 0 Å². The summed E-state index contributed by atoms with van der Waals surface area (Å²) in [4.78, 5) is 0. The molecule has 0 aromatic heterocycles. The average Bonchev–Trinajstić information content (AvgIpc) is 2.84. The zero-order valence-corrected chi connectivity index (χ0v) is 20.9. The van der Waals surface area contributed by atoms with Crippen LogP contribution in [0.5, 0.6) is 5.75 Å². The van der Waals surface area contributed by atoms with Crippen LogP contribution in [-0.4, -0.2) is 21.1 Å². The highest BCUT2D eigenvalue weighted by Gasteiger charge is 2.29. The summed E-state index contributed by atoms with van der Waals surface area (Å²) in [7, 11) is 0. The second-order valence-electron chi connectivity index (χ2n) is 9.42. The maximum atomic E-state index is 11.2. The molecule has 35 heavy (non-hydrogen) atoms. The molecule has 0 bridgehead atoms. The van der Waals surface area contributed by atoms with Crippen LogP contribution in [0.25, 0.3) is 33.0 Å². The lowest BCUT2D eigenvalue weighted by atomic mass is 9.73. The minimum absolute atomic E-state index is 0.154. The number of phenolic OH excluding ortho intramolecular Hbond substituents is 1. The van der Waals surface area contributed by atoms with Crippen molar-refractivity contribution in [2.75, 3.05) is 0 Å². The van der Waals surface area contributed by atoms with Gasteiger partial charge in [-0.25, -0.2) is 0 Å². The van der Waals surface area contributed by atoms with Gasteiger partial charge in [-0.3, -0.25) is 0 Å². The Morgan fingerprint density at radius 1 is 0.886 bits per heavy atom. The largest absolute Gasteiger partial charge is 0.506 e. The second-order valence-corrected chi connectivity index (χ2v) is 9.83. The Kier molecular flexibility index (Phi) is 7.32. The van der Waals surface area contributed by atoms with Gasteiger partial charge in [0, 0.05) is 11.3 Å². The molecule has 0 heterocycles. The summed E-state index contributed by atoms with van der Waals surface area (Å²) in [5.41, 5.74) is 7.22. The number of benzene rings is 4. The van der Waals surface area contributed by atoms with E-state index in [9.17, 15) is 5.11 Å². The molecule has 1 aliphatic rings. The lowest BCUT2D eigenvalue weighted by Gasteiger charge is -2.31. The fourth-order valence-electron chi connectivity index (χ4n) is 5.00. The molecule has 0 saturated heterocycles. The van der Waals surface area contributed by atoms with Gasteiger partial charge in [0.25, 0.3) is 0 Å². The highest BCUT2D eigenvalue weighted by atomic mass is 35.5. The molecule has 5 rings (SSSR count). The van der Waals surface area contributed by atoms with Crippen LogP contribution in [0.1, 0.15) is 43.7 Å². The average molecular weight is 487 g/mol. The van der Waals surface area contributed by atoms with Gasteiger partial charge in [0.2, 0.25) is 0 Å². The summed E-state index contributed by atoms with van der Waals surface area (Å²) in [5.74, 6) is -1.10. The summed E-state index contributed by atoms with van der Waals surface area (Å²) >= 11 is 6.43. The SMILES string of the molecule is C=CC1CCCc2c1c(-c1ccccc1)c1c(O)c(Cl)ccc1c2-c1ccccc1.CC(C)(O)O. The van der Waals surface area contributed by atoms with E-state index in [1.54, 1.807) is 6.07 Å². The number of allylic oxidation sites excluding steroid dienone is 1. The molecule has 3 N–H and O–H groups in total. The van der Waals surface area contributed by atoms with Gasteiger partial charge in [0.1, 0.15) is 5.75 Å². The molecular formula is C31H31ClO3. The number of hydrogen-bond donors (Lipinski definition) is 3. The third-order valence-electron chi connectivity index (χ3n) is 6.27. The Hall–Kier alpha value is -3.11. The number of aliphatic hydroxyl groups is 2. The fraction of sp³-hybridized carbons (Fsp3) is 0.226. The predicted molar refractivity (Wildman–Crippen MR) is 146 cm³/mol. The first kappa shape index (κ1) is 25.0. The lowest BCUT2D eigenvalue weighted by Crippen LogP contribution is -2.15. The van der Waals surface area contributed by atoms with Crippen molar-refractivity contribution in [2.45, 2.75) is 44.8 Å². The molecule has 3 nitrogen and oxygen atoms in total. The van der Waals surface area contributed by atoms with Crippen molar-refractivity contribution in [3.8, 4) is 28.0 Å². The zero-order chi connectivity index (χ0) is 25.2. The molecule has 0 amide bonds. The maximum absolute atomic E-state index is 11.2. The number of rotatable bonds is 3. The van der Waals surface area contributed by atoms with Gasteiger partial charge in [0.05, 0.1) is 5.02 Å². The maximum Gasteiger partial charge on any atom is 0.156 e. The van der Waals surface area contributed by atoms with Crippen molar-refractivity contribution < 1.29 is 15.3 Å². The van der Waals surface area contributed by atoms with Gasteiger partial charge < -0.3 is 15.3 Å². The zero-order valence-electron chi connectivity index (χ0n) is 20.1. The Labute approximate surface area is 212 Å². The molecule has 4 heteroatoms. The summed E-state index contributed by atoms with van der Waals surface area (Å²) in [6.45, 7) is 6.75. The molecular weight excluding hydrogens is 456 g/mol. The molecule has 0 aliphatic heterocycles. The van der Waals surface area contributed by atoms with Crippen molar-refractivity contribution in [1.29, 1.82) is 0 Å². The predicted octanol–water partition coefficient (Wildman–Crippen LogP) is 7.85. The van der Waals surface area contributed by atoms with E-state index in [2.05, 4.69) is 55.1 Å². The highest BCUT2D eigenvalue weighted by Crippen LogP contribution is 2.51. The van der Waals surface area contributed by atoms with Crippen molar-refractivity contribution in [3.63, 3.8) is 0 Å². The first-order chi connectivity index (χ1) is 16.7. The van der Waals surface area contributed by atoms with Crippen LogP contribution in [-0.2, 0) is 6.42 Å². The molecule has 0 spiro atoms. The summed E-state index contributed by atoms with van der Waals surface area (Å²) in [5, 5.41) is 29.6. The van der Waals surface area contributed by atoms with Crippen LogP contribution in [0.2, 0.25) is 5.02 Å². The number of phenols is 1. The molecule has 4 aromatic rings. The summed E-state index contributed by atoms with van der Waals surface area (Å²) in [6, 6.07) is 24.7. The van der Waals surface area contributed by atoms with E-state index in [0.717, 1.165) is 41.2 Å². The molecule has 1 atom stereocenters. The van der Waals surface area contributed by atoms with Gasteiger partial charge in [-0.15, -0.1) is 6.58 Å². The molecule has 180 valence electrons. The smallest absolute Gasteiger partial charge is 0.156 e. The first-order valence-corrected chi connectivity index (χ1v) is 12.3. The van der Waals surface area contributed by atoms with Gasteiger partial charge in [-0.1, -0.05) is 84.4 Å². The van der Waals surface area contributed by atoms with Crippen molar-refractivity contribution in [2.24, 2.45) is 0 Å². The van der Waals surface area contributed by atoms with Crippen LogP contribution in [0.4, 0.5) is 0 Å². The molecule has 1 aliphatic carbocycles. The highest BCUT2D eigenvalue weighted by molar-refractivity contribution is 6.34. The molecule has 1 unspecified atom stereocenters. The number of halogens is 1. The summed E-state index contributed by atoms with van der Waals surface area (Å²) < 4.78 is 0. The van der Waals surface area contributed by atoms with Crippen LogP contribution in [0, 0.1) is 0 Å². The van der Waals surface area contributed by atoms with Gasteiger partial charge >= 0.3 is 0 Å². The molecule has 4 aromatic carbocycles. The molecule has 0 saturated carbocycles. The van der Waals surface area contributed by atoms with Gasteiger partial charge in [-0.2, -0.15) is 0 Å². The number of aromatic hydroxyl groups is 1. The minimum Gasteiger partial charge on any atom is -0.506 e. The Bertz CT molecular complexity index is 1330. The quantitative estimate of drug-likeness (QED) is 0.204. The third kappa shape index (κ3) is 5.28. The van der Waals surface area contributed by atoms with Crippen LogP contribution in [0.15, 0.2) is 85.5 Å². The van der Waals surface area contributed by atoms with Gasteiger partial charge in [0.15, 0.2) is 5.79 Å². The molecule has 0 radical (unpaired) electrons. The number of fused-ring (bicyclic) bond motifs is 2. The minimum atomic E-state index is -1.50. The van der Waals surface area contributed by atoms with Crippen molar-refractivity contribution in [3.05, 3.63) is 102 Å². The van der Waals surface area contributed by atoms with E-state index in [4.69, 9.17) is 21.8 Å². The van der Waals surface area contributed by atoms with E-state index < -0.39 is 5.79 Å². The summed E-state index contributed by atoms with van der Waals surface area (Å²) in [6.07, 6.45) is 5.27. The standard InChI is InChI=1S/C28H23ClO.C3H8O2/c1-2-18-14-9-15-21-24(19-10-5-3-6-11-19)22-16-17-23(29)28(30)27(22)26(25(18)21)20-12-7-4-8-13-20;1-3(2,4)5/h2-8,10-13,16-18,30H,1,9,14-15H2;4-5H,1-2H3. The Balaban J connectivity index is 0.000000527. The van der Waals surface area contributed by atoms with Crippen LogP contribution >= 0.6 is 11.6 Å². The van der Waals surface area contributed by atoms with Crippen molar-refractivity contribution >= 4 is 22.4 Å². The second kappa shape index (κ2) is 10.2. The van der Waals surface area contributed by atoms with Crippen LogP contribution in [0.3, 0.4) is 0 Å². The van der Waals surface area contributed by atoms with Gasteiger partial charge in [-0.05, 0) is 77.9 Å². The molecule has 0 fully saturated rings. The van der Waals surface area contributed by atoms with E-state index in [1.165, 1.54) is 36.1 Å². The Morgan fingerprint density at radius 2 is 1.43 bits per heavy atom. The normalized spacial score (nSPS) is 15.2. The van der Waals surface area contributed by atoms with E-state index in [1.807, 2.05) is 24.3 Å².